The average Bonchev–Trinajstić information content (AvgIpc) is 3.09. The highest BCUT2D eigenvalue weighted by Crippen LogP contribution is 2.48. The maximum absolute atomic E-state index is 13.1. The first-order valence-electron chi connectivity index (χ1n) is 18.3. The first-order valence-corrected chi connectivity index (χ1v) is 19.8. The molecule has 12 heteroatoms. The van der Waals surface area contributed by atoms with Crippen molar-refractivity contribution in [3.05, 3.63) is 72.9 Å². The van der Waals surface area contributed by atoms with Gasteiger partial charge in [0, 0.05) is 39.7 Å². The second kappa shape index (κ2) is 32.1. The number of likely N-dealkylation sites (N-methyl/N-ethyl adjacent to an activating group) is 1. The zero-order chi connectivity index (χ0) is 38.1. The molecular formula is C39H69N3O8P+. The largest absolute Gasteiger partial charge is 0.474 e. The number of unbranched alkanes of at least 4 members (excludes halogenated alkanes) is 1. The normalized spacial score (nSPS) is 15.2. The second-order valence-electron chi connectivity index (χ2n) is 13.1. The molecule has 11 nitrogen and oxygen atoms in total. The molecule has 0 saturated carbocycles. The molecule has 0 aliphatic rings. The van der Waals surface area contributed by atoms with Gasteiger partial charge in [-0.2, -0.15) is 0 Å². The predicted molar refractivity (Wildman–Crippen MR) is 208 cm³/mol. The maximum atomic E-state index is 13.1. The molecule has 0 aromatic carbocycles. The van der Waals surface area contributed by atoms with E-state index in [9.17, 15) is 19.3 Å². The molecule has 0 bridgehead atoms. The van der Waals surface area contributed by atoms with E-state index in [1.807, 2.05) is 33.3 Å². The van der Waals surface area contributed by atoms with Crippen LogP contribution in [0.4, 0.5) is 0 Å². The summed E-state index contributed by atoms with van der Waals surface area (Å²) in [6.07, 6.45) is 34.1. The van der Waals surface area contributed by atoms with Crippen LogP contribution in [0.3, 0.4) is 0 Å². The molecule has 2 amide bonds. The molecule has 51 heavy (non-hydrogen) atoms. The number of nitrogens with one attached hydrogen (secondary N) is 2. The van der Waals surface area contributed by atoms with Crippen LogP contribution >= 0.6 is 7.82 Å². The third-order valence-electron chi connectivity index (χ3n) is 7.42. The monoisotopic (exact) mass is 738 g/mol. The summed E-state index contributed by atoms with van der Waals surface area (Å²) in [7, 11) is 4.79. The fourth-order valence-electron chi connectivity index (χ4n) is 4.39. The van der Waals surface area contributed by atoms with Gasteiger partial charge in [-0.05, 0) is 57.8 Å². The number of hydrogen-bond acceptors (Lipinski definition) is 8. The van der Waals surface area contributed by atoms with Gasteiger partial charge < -0.3 is 25.0 Å². The van der Waals surface area contributed by atoms with Gasteiger partial charge in [0.25, 0.3) is 0 Å². The summed E-state index contributed by atoms with van der Waals surface area (Å²) in [6, 6.07) is -1.09. The first kappa shape index (κ1) is 48.4. The minimum atomic E-state index is -3.94. The SMILES string of the molecule is CC/C=C\C/C=C\C/C=C\C/C=C\C/C=C\C/C=C\CCC(=O)N[C@@H](COP(=O)(OC)OCC[N+](C)(C)C)C(=O)NCCCCC(CO)COC. The van der Waals surface area contributed by atoms with Crippen molar-refractivity contribution >= 4 is 19.6 Å². The molecule has 0 saturated heterocycles. The van der Waals surface area contributed by atoms with Crippen LogP contribution in [-0.4, -0.2) is 102 Å². The summed E-state index contributed by atoms with van der Waals surface area (Å²) in [5.41, 5.74) is 0. The molecule has 0 heterocycles. The molecule has 3 atom stereocenters. The molecule has 2 unspecified atom stereocenters. The number of quaternary nitrogens is 1. The first-order chi connectivity index (χ1) is 24.5. The van der Waals surface area contributed by atoms with Crippen LogP contribution < -0.4 is 10.6 Å². The fourth-order valence-corrected chi connectivity index (χ4v) is 5.32. The number of carbonyl (C=O) groups is 2. The standard InChI is InChI=1S/C39H68N3O8P/c1-7-8-9-10-11-12-13-14-15-16-17-18-19-20-21-22-23-24-25-29-38(44)41-37(35-50-51(46,48-6)49-32-31-42(2,3)4)39(45)40-30-27-26-28-36(33-43)34-47-5/h8-9,11-12,14-15,17-18,20-21,23-24,36-37,43H,7,10,13,16,19,22,25-35H2,1-6H3,(H-,40,41,44,45)/p+1/b9-8-,12-11-,15-14-,18-17-,21-20-,24-23-/t36?,37-,51?/m0/s1. The Kier molecular flexibility index (Phi) is 30.4. The quantitative estimate of drug-likeness (QED) is 0.0292. The topological polar surface area (TPSA) is 132 Å². The number of hydrogen-bond donors (Lipinski definition) is 3. The minimum absolute atomic E-state index is 0.0423. The van der Waals surface area contributed by atoms with Gasteiger partial charge in [-0.25, -0.2) is 4.57 Å². The Labute approximate surface area is 309 Å². The number of aliphatic hydroxyl groups is 1. The van der Waals surface area contributed by atoms with Crippen molar-refractivity contribution in [3.8, 4) is 0 Å². The van der Waals surface area contributed by atoms with Crippen molar-refractivity contribution in [1.82, 2.24) is 10.6 Å². The Morgan fingerprint density at radius 1 is 0.784 bits per heavy atom. The lowest BCUT2D eigenvalue weighted by atomic mass is 10.0. The minimum Gasteiger partial charge on any atom is -0.396 e. The highest BCUT2D eigenvalue weighted by atomic mass is 31.2. The Morgan fingerprint density at radius 2 is 1.33 bits per heavy atom. The number of nitrogens with zero attached hydrogens (tertiary/aromatic N) is 1. The smallest absolute Gasteiger partial charge is 0.396 e. The molecular weight excluding hydrogens is 669 g/mol. The van der Waals surface area contributed by atoms with E-state index in [1.54, 1.807) is 7.11 Å². The van der Waals surface area contributed by atoms with Crippen LogP contribution in [-0.2, 0) is 32.5 Å². The number of amides is 2. The van der Waals surface area contributed by atoms with Gasteiger partial charge in [-0.1, -0.05) is 86.3 Å². The molecule has 0 rings (SSSR count). The fraction of sp³-hybridized carbons (Fsp3) is 0.641. The summed E-state index contributed by atoms with van der Waals surface area (Å²) in [5.74, 6) is -0.740. The van der Waals surface area contributed by atoms with Crippen LogP contribution in [0.25, 0.3) is 0 Å². The molecule has 292 valence electrons. The van der Waals surface area contributed by atoms with Gasteiger partial charge in [-0.15, -0.1) is 0 Å². The summed E-state index contributed by atoms with van der Waals surface area (Å²) >= 11 is 0. The van der Waals surface area contributed by atoms with Crippen molar-refractivity contribution in [1.29, 1.82) is 0 Å². The molecule has 0 radical (unpaired) electrons. The number of phosphoric ester groups is 1. The summed E-state index contributed by atoms with van der Waals surface area (Å²) in [6.45, 7) is 3.34. The number of methoxy groups -OCH3 is 1. The zero-order valence-electron chi connectivity index (χ0n) is 32.3. The van der Waals surface area contributed by atoms with Crippen molar-refractivity contribution in [3.63, 3.8) is 0 Å². The summed E-state index contributed by atoms with van der Waals surface area (Å²) < 4.78 is 34.6. The lowest BCUT2D eigenvalue weighted by Gasteiger charge is -2.25. The Hall–Kier alpha value is -2.63. The van der Waals surface area contributed by atoms with Crippen LogP contribution in [0.2, 0.25) is 0 Å². The highest BCUT2D eigenvalue weighted by molar-refractivity contribution is 7.48. The van der Waals surface area contributed by atoms with E-state index >= 15 is 0 Å². The number of carbonyl (C=O) groups excluding carboxylic acids is 2. The predicted octanol–water partition coefficient (Wildman–Crippen LogP) is 6.98. The van der Waals surface area contributed by atoms with E-state index in [0.717, 1.165) is 51.4 Å². The number of ether oxygens (including phenoxy) is 1. The summed E-state index contributed by atoms with van der Waals surface area (Å²) in [4.78, 5) is 25.8. The lowest BCUT2D eigenvalue weighted by molar-refractivity contribution is -0.870. The number of phosphoric acid groups is 1. The Balaban J connectivity index is 4.75. The van der Waals surface area contributed by atoms with E-state index in [4.69, 9.17) is 18.3 Å². The van der Waals surface area contributed by atoms with Crippen LogP contribution in [0.1, 0.15) is 77.6 Å². The van der Waals surface area contributed by atoms with Crippen molar-refractivity contribution in [2.75, 3.05) is 74.9 Å². The second-order valence-corrected chi connectivity index (χ2v) is 14.9. The average molecular weight is 739 g/mol. The Bertz CT molecular complexity index is 1130. The van der Waals surface area contributed by atoms with Gasteiger partial charge in [-0.3, -0.25) is 23.2 Å². The maximum Gasteiger partial charge on any atom is 0.474 e. The van der Waals surface area contributed by atoms with E-state index in [-0.39, 0.29) is 38.1 Å². The van der Waals surface area contributed by atoms with E-state index < -0.39 is 19.8 Å². The molecule has 0 aliphatic heterocycles. The van der Waals surface area contributed by atoms with Crippen molar-refractivity contribution in [2.24, 2.45) is 5.92 Å². The third-order valence-corrected chi connectivity index (χ3v) is 8.83. The lowest BCUT2D eigenvalue weighted by Crippen LogP contribution is -2.49. The van der Waals surface area contributed by atoms with Crippen LogP contribution in [0, 0.1) is 5.92 Å². The van der Waals surface area contributed by atoms with Gasteiger partial charge in [0.05, 0.1) is 34.4 Å². The molecule has 0 spiro atoms. The van der Waals surface area contributed by atoms with Gasteiger partial charge in [0.1, 0.15) is 19.2 Å². The van der Waals surface area contributed by atoms with Gasteiger partial charge >= 0.3 is 7.82 Å². The molecule has 3 N–H and O–H groups in total. The van der Waals surface area contributed by atoms with Crippen LogP contribution in [0.15, 0.2) is 72.9 Å². The third kappa shape index (κ3) is 30.7. The number of allylic oxidation sites excluding steroid dienone is 12. The van der Waals surface area contributed by atoms with E-state index in [1.165, 1.54) is 7.11 Å². The van der Waals surface area contributed by atoms with Crippen molar-refractivity contribution in [2.45, 2.75) is 83.6 Å². The highest BCUT2D eigenvalue weighted by Gasteiger charge is 2.30. The molecule has 0 aromatic heterocycles. The van der Waals surface area contributed by atoms with Gasteiger partial charge in [0.15, 0.2) is 0 Å². The van der Waals surface area contributed by atoms with Gasteiger partial charge in [0.2, 0.25) is 11.8 Å². The number of rotatable bonds is 32. The number of aliphatic hydroxyl groups excluding tert-OH is 1. The zero-order valence-corrected chi connectivity index (χ0v) is 33.2. The van der Waals surface area contributed by atoms with E-state index in [2.05, 4.69) is 78.3 Å². The van der Waals surface area contributed by atoms with Crippen LogP contribution in [0.5, 0.6) is 0 Å². The van der Waals surface area contributed by atoms with E-state index in [0.29, 0.717) is 37.0 Å². The van der Waals surface area contributed by atoms with Crippen molar-refractivity contribution < 1.29 is 42.1 Å². The summed E-state index contributed by atoms with van der Waals surface area (Å²) in [5, 5.41) is 15.0. The molecule has 0 aromatic rings. The molecule has 0 aliphatic carbocycles. The Morgan fingerprint density at radius 3 is 1.82 bits per heavy atom. The molecule has 0 fully saturated rings.